The third-order valence-corrected chi connectivity index (χ3v) is 4.92. The lowest BCUT2D eigenvalue weighted by atomic mass is 10.1. The highest BCUT2D eigenvalue weighted by Crippen LogP contribution is 2.34. The number of benzene rings is 1. The zero-order valence-electron chi connectivity index (χ0n) is 12.0. The first-order valence-electron chi connectivity index (χ1n) is 6.65. The van der Waals surface area contributed by atoms with E-state index in [4.69, 9.17) is 4.52 Å². The molecular weight excluding hydrogens is 364 g/mol. The molecule has 0 aliphatic rings. The normalized spacial score (nSPS) is 10.7. The van der Waals surface area contributed by atoms with Crippen molar-refractivity contribution in [3.63, 3.8) is 0 Å². The minimum atomic E-state index is -0.215. The topological polar surface area (TPSA) is 55.1 Å². The van der Waals surface area contributed by atoms with Crippen molar-refractivity contribution in [1.29, 1.82) is 0 Å². The fraction of sp³-hybridized carbons (Fsp3) is 0.125. The van der Waals surface area contributed by atoms with Gasteiger partial charge in [0.25, 0.3) is 5.91 Å². The summed E-state index contributed by atoms with van der Waals surface area (Å²) in [5, 5.41) is 6.96. The van der Waals surface area contributed by atoms with E-state index in [1.165, 1.54) is 11.3 Å². The molecule has 0 atom stereocenters. The predicted molar refractivity (Wildman–Crippen MR) is 91.4 cm³/mol. The number of halogens is 1. The Morgan fingerprint density at radius 2 is 2.00 bits per heavy atom. The van der Waals surface area contributed by atoms with Crippen LogP contribution in [0, 0.1) is 13.8 Å². The molecule has 112 valence electrons. The second-order valence-corrected chi connectivity index (χ2v) is 7.30. The van der Waals surface area contributed by atoms with Gasteiger partial charge in [0.05, 0.1) is 8.66 Å². The zero-order valence-corrected chi connectivity index (χ0v) is 14.4. The molecule has 6 heteroatoms. The molecule has 3 rings (SSSR count). The average molecular weight is 377 g/mol. The van der Waals surface area contributed by atoms with Gasteiger partial charge in [0.15, 0.2) is 0 Å². The van der Waals surface area contributed by atoms with Crippen LogP contribution in [-0.4, -0.2) is 11.1 Å². The molecule has 4 nitrogen and oxygen atoms in total. The van der Waals surface area contributed by atoms with Crippen molar-refractivity contribution in [3.05, 3.63) is 57.1 Å². The summed E-state index contributed by atoms with van der Waals surface area (Å²) >= 11 is 4.93. The van der Waals surface area contributed by atoms with Crippen molar-refractivity contribution in [2.24, 2.45) is 0 Å². The number of aromatic nitrogens is 1. The Morgan fingerprint density at radius 3 is 2.68 bits per heavy atom. The highest BCUT2D eigenvalue weighted by molar-refractivity contribution is 9.11. The van der Waals surface area contributed by atoms with E-state index >= 15 is 0 Å². The molecule has 0 radical (unpaired) electrons. The standard InChI is InChI=1S/C16H13BrN2O2S/c1-9-5-3-4-6-11(9)18-16(20)14-10(2)21-19-15(14)12-7-8-13(17)22-12/h3-8H,1-2H3,(H,18,20). The monoisotopic (exact) mass is 376 g/mol. The minimum absolute atomic E-state index is 0.215. The highest BCUT2D eigenvalue weighted by Gasteiger charge is 2.23. The summed E-state index contributed by atoms with van der Waals surface area (Å²) in [7, 11) is 0. The van der Waals surface area contributed by atoms with Gasteiger partial charge in [-0.25, -0.2) is 0 Å². The molecule has 0 bridgehead atoms. The molecule has 0 aliphatic carbocycles. The number of nitrogens with one attached hydrogen (secondary N) is 1. The molecular formula is C16H13BrN2O2S. The van der Waals surface area contributed by atoms with Crippen LogP contribution < -0.4 is 5.32 Å². The van der Waals surface area contributed by atoms with Gasteiger partial charge in [-0.2, -0.15) is 0 Å². The van der Waals surface area contributed by atoms with Crippen LogP contribution in [0.2, 0.25) is 0 Å². The van der Waals surface area contributed by atoms with Crippen LogP contribution in [0.5, 0.6) is 0 Å². The maximum absolute atomic E-state index is 12.6. The summed E-state index contributed by atoms with van der Waals surface area (Å²) < 4.78 is 6.21. The van der Waals surface area contributed by atoms with Crippen LogP contribution >= 0.6 is 27.3 Å². The van der Waals surface area contributed by atoms with E-state index in [-0.39, 0.29) is 5.91 Å². The average Bonchev–Trinajstić information content (AvgIpc) is 3.07. The SMILES string of the molecule is Cc1ccccc1NC(=O)c1c(-c2ccc(Br)s2)noc1C. The summed E-state index contributed by atoms with van der Waals surface area (Å²) in [6.45, 7) is 3.69. The van der Waals surface area contributed by atoms with E-state index in [2.05, 4.69) is 26.4 Å². The van der Waals surface area contributed by atoms with Crippen molar-refractivity contribution in [3.8, 4) is 10.6 Å². The number of carbonyl (C=O) groups is 1. The molecule has 0 saturated carbocycles. The van der Waals surface area contributed by atoms with Crippen LogP contribution in [0.1, 0.15) is 21.7 Å². The molecule has 0 unspecified atom stereocenters. The Kier molecular flexibility index (Phi) is 4.13. The van der Waals surface area contributed by atoms with E-state index in [0.29, 0.717) is 17.0 Å². The van der Waals surface area contributed by atoms with Gasteiger partial charge in [-0.05, 0) is 53.5 Å². The van der Waals surface area contributed by atoms with E-state index in [1.54, 1.807) is 6.92 Å². The zero-order chi connectivity index (χ0) is 15.7. The second kappa shape index (κ2) is 6.06. The number of thiophene rings is 1. The van der Waals surface area contributed by atoms with E-state index in [1.807, 2.05) is 43.3 Å². The third kappa shape index (κ3) is 2.84. The lowest BCUT2D eigenvalue weighted by molar-refractivity contribution is 0.102. The molecule has 1 aromatic carbocycles. The van der Waals surface area contributed by atoms with Crippen LogP contribution in [0.4, 0.5) is 5.69 Å². The molecule has 1 amide bonds. The van der Waals surface area contributed by atoms with Crippen molar-refractivity contribution >= 4 is 38.9 Å². The number of anilines is 1. The number of rotatable bonds is 3. The number of hydrogen-bond acceptors (Lipinski definition) is 4. The Bertz CT molecular complexity index is 838. The maximum Gasteiger partial charge on any atom is 0.261 e. The van der Waals surface area contributed by atoms with Gasteiger partial charge in [-0.15, -0.1) is 11.3 Å². The number of nitrogens with zero attached hydrogens (tertiary/aromatic N) is 1. The number of para-hydroxylation sites is 1. The largest absolute Gasteiger partial charge is 0.360 e. The Hall–Kier alpha value is -1.92. The van der Waals surface area contributed by atoms with Gasteiger partial charge in [0.2, 0.25) is 0 Å². The Labute approximate surface area is 140 Å². The molecule has 2 aromatic heterocycles. The first kappa shape index (κ1) is 15.0. The third-order valence-electron chi connectivity index (χ3n) is 3.29. The van der Waals surface area contributed by atoms with Crippen molar-refractivity contribution in [2.75, 3.05) is 5.32 Å². The van der Waals surface area contributed by atoms with Gasteiger partial charge in [-0.1, -0.05) is 23.4 Å². The van der Waals surface area contributed by atoms with Gasteiger partial charge in [0, 0.05) is 5.69 Å². The minimum Gasteiger partial charge on any atom is -0.360 e. The number of carbonyl (C=O) groups excluding carboxylic acids is 1. The van der Waals surface area contributed by atoms with Gasteiger partial charge in [0.1, 0.15) is 17.0 Å². The fourth-order valence-electron chi connectivity index (χ4n) is 2.15. The first-order chi connectivity index (χ1) is 10.6. The summed E-state index contributed by atoms with van der Waals surface area (Å²) in [4.78, 5) is 13.5. The van der Waals surface area contributed by atoms with Crippen LogP contribution in [-0.2, 0) is 0 Å². The van der Waals surface area contributed by atoms with Crippen molar-refractivity contribution in [2.45, 2.75) is 13.8 Å². The molecule has 3 aromatic rings. The number of hydrogen-bond donors (Lipinski definition) is 1. The summed E-state index contributed by atoms with van der Waals surface area (Å²) in [6, 6.07) is 11.5. The molecule has 2 heterocycles. The van der Waals surface area contributed by atoms with Crippen LogP contribution in [0.25, 0.3) is 10.6 Å². The lowest BCUT2D eigenvalue weighted by Gasteiger charge is -2.07. The van der Waals surface area contributed by atoms with E-state index in [9.17, 15) is 4.79 Å². The Balaban J connectivity index is 1.96. The molecule has 22 heavy (non-hydrogen) atoms. The van der Waals surface area contributed by atoms with Crippen molar-refractivity contribution < 1.29 is 9.32 Å². The lowest BCUT2D eigenvalue weighted by Crippen LogP contribution is -2.14. The first-order valence-corrected chi connectivity index (χ1v) is 8.26. The second-order valence-electron chi connectivity index (χ2n) is 4.84. The van der Waals surface area contributed by atoms with Crippen LogP contribution in [0.15, 0.2) is 44.7 Å². The van der Waals surface area contributed by atoms with E-state index < -0.39 is 0 Å². The molecule has 0 aliphatic heterocycles. The van der Waals surface area contributed by atoms with Crippen LogP contribution in [0.3, 0.4) is 0 Å². The quantitative estimate of drug-likeness (QED) is 0.696. The number of aryl methyl sites for hydroxylation is 2. The van der Waals surface area contributed by atoms with E-state index in [0.717, 1.165) is 19.9 Å². The maximum atomic E-state index is 12.6. The molecule has 1 N–H and O–H groups in total. The molecule has 0 spiro atoms. The van der Waals surface area contributed by atoms with Gasteiger partial charge >= 0.3 is 0 Å². The summed E-state index contributed by atoms with van der Waals surface area (Å²) in [5.74, 6) is 0.290. The summed E-state index contributed by atoms with van der Waals surface area (Å²) in [6.07, 6.45) is 0. The molecule has 0 fully saturated rings. The smallest absolute Gasteiger partial charge is 0.261 e. The number of amides is 1. The Morgan fingerprint density at radius 1 is 1.23 bits per heavy atom. The predicted octanol–water partition coefficient (Wildman–Crippen LogP) is 5.03. The fourth-order valence-corrected chi connectivity index (χ4v) is 3.52. The molecule has 0 saturated heterocycles. The highest BCUT2D eigenvalue weighted by atomic mass is 79.9. The van der Waals surface area contributed by atoms with Gasteiger partial charge in [-0.3, -0.25) is 4.79 Å². The van der Waals surface area contributed by atoms with Crippen molar-refractivity contribution in [1.82, 2.24) is 5.16 Å². The summed E-state index contributed by atoms with van der Waals surface area (Å²) in [5.41, 5.74) is 2.83. The van der Waals surface area contributed by atoms with Gasteiger partial charge < -0.3 is 9.84 Å².